The summed E-state index contributed by atoms with van der Waals surface area (Å²) in [5.74, 6) is -4.28. The van der Waals surface area contributed by atoms with Gasteiger partial charge in [0.25, 0.3) is 0 Å². The van der Waals surface area contributed by atoms with Crippen LogP contribution in [-0.2, 0) is 59.0 Å². The van der Waals surface area contributed by atoms with E-state index in [0.29, 0.717) is 24.0 Å². The van der Waals surface area contributed by atoms with E-state index in [2.05, 4.69) is 24.5 Å². The largest absolute Gasteiger partial charge is 0.462 e. The average molecular weight is 814 g/mol. The lowest BCUT2D eigenvalue weighted by atomic mass is 9.62. The number of cyclic esters (lactones) is 1. The summed E-state index contributed by atoms with van der Waals surface area (Å²) >= 11 is 0. The number of hydrogen-bond acceptors (Lipinski definition) is 14. The number of aliphatic hydroxyl groups excluding tert-OH is 2. The fourth-order valence-corrected chi connectivity index (χ4v) is 8.84. The van der Waals surface area contributed by atoms with E-state index in [9.17, 15) is 34.2 Å². The summed E-state index contributed by atoms with van der Waals surface area (Å²) in [5, 5.41) is 26.6. The van der Waals surface area contributed by atoms with Gasteiger partial charge in [0.05, 0.1) is 19.3 Å². The number of unbranched alkanes of at least 4 members (excludes halogenated alkanes) is 4. The molecule has 1 aliphatic carbocycles. The van der Waals surface area contributed by atoms with E-state index in [1.165, 1.54) is 18.1 Å². The number of ether oxygens (including phenoxy) is 5. The van der Waals surface area contributed by atoms with Crippen molar-refractivity contribution in [3.63, 3.8) is 0 Å². The zero-order valence-electron chi connectivity index (χ0n) is 34.1. The van der Waals surface area contributed by atoms with Crippen LogP contribution in [0.1, 0.15) is 104 Å². The molecule has 1 aromatic carbocycles. The van der Waals surface area contributed by atoms with Crippen LogP contribution in [0.3, 0.4) is 0 Å². The van der Waals surface area contributed by atoms with Crippen molar-refractivity contribution in [1.29, 1.82) is 0 Å². The van der Waals surface area contributed by atoms with Gasteiger partial charge < -0.3 is 44.5 Å². The number of fused-ring (bicyclic) bond motifs is 4. The number of aliphatic hydroxyl groups is 2. The van der Waals surface area contributed by atoms with E-state index in [1.807, 2.05) is 0 Å². The maximum atomic E-state index is 14.8. The molecule has 0 unspecified atom stereocenters. The number of rotatable bonds is 19. The van der Waals surface area contributed by atoms with Gasteiger partial charge in [0.1, 0.15) is 42.5 Å². The van der Waals surface area contributed by atoms with Crippen LogP contribution in [0.4, 0.5) is 0 Å². The summed E-state index contributed by atoms with van der Waals surface area (Å²) in [6.07, 6.45) is 4.06. The van der Waals surface area contributed by atoms with Crippen LogP contribution in [0.15, 0.2) is 30.3 Å². The predicted molar refractivity (Wildman–Crippen MR) is 206 cm³/mol. The molecule has 0 radical (unpaired) electrons. The minimum absolute atomic E-state index is 0.0291. The van der Waals surface area contributed by atoms with E-state index < -0.39 is 95.0 Å². The van der Waals surface area contributed by atoms with Crippen LogP contribution in [0, 0.1) is 10.8 Å². The zero-order valence-corrected chi connectivity index (χ0v) is 34.1. The minimum atomic E-state index is -1.60. The highest BCUT2D eigenvalue weighted by molar-refractivity contribution is 5.96. The van der Waals surface area contributed by atoms with Gasteiger partial charge in [-0.15, -0.1) is 0 Å². The molecule has 2 bridgehead atoms. The Labute approximate surface area is 339 Å². The van der Waals surface area contributed by atoms with Crippen molar-refractivity contribution in [1.82, 2.24) is 15.7 Å². The third-order valence-corrected chi connectivity index (χ3v) is 11.9. The van der Waals surface area contributed by atoms with Crippen LogP contribution >= 0.6 is 0 Å². The lowest BCUT2D eigenvalue weighted by molar-refractivity contribution is -0.224. The Bertz CT molecular complexity index is 1690. The van der Waals surface area contributed by atoms with Crippen molar-refractivity contribution < 1.29 is 62.7 Å². The molecule has 5 aliphatic rings. The maximum Gasteiger partial charge on any atom is 0.348 e. The third kappa shape index (κ3) is 8.82. The Morgan fingerprint density at radius 2 is 1.67 bits per heavy atom. The fourth-order valence-electron chi connectivity index (χ4n) is 8.84. The van der Waals surface area contributed by atoms with Crippen molar-refractivity contribution in [2.75, 3.05) is 19.8 Å². The number of hydrogen-bond donors (Lipinski definition) is 4. The number of benzene rings is 1. The van der Waals surface area contributed by atoms with E-state index in [-0.39, 0.29) is 32.7 Å². The fraction of sp³-hybridized carbons (Fsp3) is 0.690. The molecule has 2 amide bonds. The van der Waals surface area contributed by atoms with Gasteiger partial charge in [-0.05, 0) is 37.0 Å². The normalized spacial score (nSPS) is 30.3. The van der Waals surface area contributed by atoms with Crippen LogP contribution in [0.5, 0.6) is 0 Å². The Balaban J connectivity index is 1.27. The number of amides is 2. The topological polar surface area (TPSA) is 208 Å². The molecule has 5 fully saturated rings. The molecule has 4 saturated heterocycles. The van der Waals surface area contributed by atoms with Crippen LogP contribution in [-0.4, -0.2) is 119 Å². The Morgan fingerprint density at radius 1 is 1.00 bits per heavy atom. The van der Waals surface area contributed by atoms with Crippen molar-refractivity contribution in [2.45, 2.75) is 153 Å². The van der Waals surface area contributed by atoms with E-state index in [0.717, 1.165) is 38.5 Å². The van der Waals surface area contributed by atoms with Crippen LogP contribution in [0.25, 0.3) is 6.08 Å². The summed E-state index contributed by atoms with van der Waals surface area (Å²) in [6.45, 7) is 8.97. The third-order valence-electron chi connectivity index (χ3n) is 11.9. The van der Waals surface area contributed by atoms with Gasteiger partial charge in [0.2, 0.25) is 17.9 Å². The van der Waals surface area contributed by atoms with Gasteiger partial charge in [-0.3, -0.25) is 19.2 Å². The molecule has 16 nitrogen and oxygen atoms in total. The first-order valence-electron chi connectivity index (χ1n) is 20.7. The van der Waals surface area contributed by atoms with Gasteiger partial charge in [-0.2, -0.15) is 5.06 Å². The maximum absolute atomic E-state index is 14.8. The molecule has 6 rings (SSSR count). The molecule has 4 aliphatic heterocycles. The molecule has 1 aromatic rings. The summed E-state index contributed by atoms with van der Waals surface area (Å²) in [7, 11) is 0. The van der Waals surface area contributed by atoms with Gasteiger partial charge in [-0.1, -0.05) is 77.6 Å². The van der Waals surface area contributed by atoms with Crippen LogP contribution < -0.4 is 10.6 Å². The summed E-state index contributed by atoms with van der Waals surface area (Å²) in [4.78, 5) is 73.4. The molecule has 0 spiro atoms. The smallest absolute Gasteiger partial charge is 0.348 e. The highest BCUT2D eigenvalue weighted by Gasteiger charge is 2.76. The Kier molecular flexibility index (Phi) is 13.6. The highest BCUT2D eigenvalue weighted by Crippen LogP contribution is 2.58. The van der Waals surface area contributed by atoms with Gasteiger partial charge in [0.15, 0.2) is 11.8 Å². The molecule has 4 N–H and O–H groups in total. The van der Waals surface area contributed by atoms with Gasteiger partial charge in [-0.25, -0.2) is 9.59 Å². The number of carbonyl (C=O) groups excluding carboxylic acids is 5. The van der Waals surface area contributed by atoms with Crippen LogP contribution in [0.2, 0.25) is 0 Å². The molecule has 16 heteroatoms. The summed E-state index contributed by atoms with van der Waals surface area (Å²) < 4.78 is 30.2. The molecule has 58 heavy (non-hydrogen) atoms. The number of nitrogens with one attached hydrogen (secondary N) is 2. The second-order valence-electron chi connectivity index (χ2n) is 16.9. The molecule has 9 atom stereocenters. The van der Waals surface area contributed by atoms with Crippen molar-refractivity contribution in [3.05, 3.63) is 41.5 Å². The first-order valence-corrected chi connectivity index (χ1v) is 20.7. The Morgan fingerprint density at radius 3 is 2.28 bits per heavy atom. The van der Waals surface area contributed by atoms with E-state index >= 15 is 0 Å². The lowest BCUT2D eigenvalue weighted by Crippen LogP contribution is -2.71. The molecular weight excluding hydrogens is 754 g/mol. The SMILES string of the molecule is CCCCCC1(CCCCC)O[C@@H]2[C@H](O1)[C@H]1ON(Cc3ccc(C=CC(=O)O[C@H]4C(=O)OCC4(C)C)cc3)[C@@H]3C(=O)O[C@@H]2C[C@]13C(=O)N[C@@H](C(=O)NCCO)[C@H](C)O. The molecule has 320 valence electrons. The second kappa shape index (κ2) is 18.1. The van der Waals surface area contributed by atoms with Crippen molar-refractivity contribution >= 4 is 35.8 Å². The number of esters is 3. The van der Waals surface area contributed by atoms with Crippen molar-refractivity contribution in [3.8, 4) is 0 Å². The number of nitrogens with zero attached hydrogens (tertiary/aromatic N) is 1. The molecule has 0 aromatic heterocycles. The summed E-state index contributed by atoms with van der Waals surface area (Å²) in [6, 6.07) is 4.46. The molecular formula is C42H59N3O13. The quantitative estimate of drug-likeness (QED) is 0.0686. The zero-order chi connectivity index (χ0) is 41.8. The Hall–Kier alpha value is -3.93. The van der Waals surface area contributed by atoms with Gasteiger partial charge >= 0.3 is 17.9 Å². The first kappa shape index (κ1) is 43.6. The van der Waals surface area contributed by atoms with E-state index in [4.69, 9.17) is 28.5 Å². The standard InChI is InChI=1S/C42H59N3O13/c1-6-8-10-18-41(19-11-9-7-2)56-31-28-22-42(39(52)44-30(25(3)47)36(49)43-20-21-46)33(37(50)54-28)45(58-34(42)32(31)57-41)23-27-14-12-26(13-15-27)16-17-29(48)55-35-38(51)53-24-40(35,4)5/h12-17,25,28,30-35,46-47H,6-11,18-24H2,1-5H3,(H,43,49)(H,44,52)/t25-,28+,30+,31-,32-,33+,34+,35-,42+/m0/s1. The number of carbonyl (C=O) groups is 5. The number of hydroxylamine groups is 2. The minimum Gasteiger partial charge on any atom is -0.462 e. The van der Waals surface area contributed by atoms with E-state index in [1.54, 1.807) is 44.2 Å². The predicted octanol–water partition coefficient (Wildman–Crippen LogP) is 2.61. The second-order valence-corrected chi connectivity index (χ2v) is 16.9. The monoisotopic (exact) mass is 813 g/mol. The lowest BCUT2D eigenvalue weighted by Gasteiger charge is -2.49. The summed E-state index contributed by atoms with van der Waals surface area (Å²) in [5.41, 5.74) is -0.869. The first-order chi connectivity index (χ1) is 27.7. The van der Waals surface area contributed by atoms with Gasteiger partial charge in [0, 0.05) is 37.3 Å². The molecule has 1 saturated carbocycles. The van der Waals surface area contributed by atoms with Crippen molar-refractivity contribution in [2.24, 2.45) is 10.8 Å². The highest BCUT2D eigenvalue weighted by atomic mass is 16.8. The molecule has 4 heterocycles. The average Bonchev–Trinajstić information content (AvgIpc) is 3.83.